The van der Waals surface area contributed by atoms with Crippen molar-refractivity contribution in [1.82, 2.24) is 10.2 Å². The van der Waals surface area contributed by atoms with E-state index in [0.29, 0.717) is 4.91 Å². The van der Waals surface area contributed by atoms with E-state index in [1.54, 1.807) is 7.05 Å². The number of aliphatic carboxylic acids is 1. The smallest absolute Gasteiger partial charge is 0.353 e. The summed E-state index contributed by atoms with van der Waals surface area (Å²) >= 11 is 1.14. The summed E-state index contributed by atoms with van der Waals surface area (Å²) in [6.07, 6.45) is 0. The molecule has 1 saturated heterocycles. The molecule has 0 saturated carbocycles. The molecule has 0 aromatic carbocycles. The Kier molecular flexibility index (Phi) is 4.31. The molecule has 2 aliphatic heterocycles. The van der Waals surface area contributed by atoms with Gasteiger partial charge in [-0.05, 0) is 7.05 Å². The van der Waals surface area contributed by atoms with Gasteiger partial charge in [-0.15, -0.1) is 0 Å². The number of nitrogens with zero attached hydrogens (tertiary/aromatic N) is 1. The molecule has 0 unspecified atom stereocenters. The molecule has 0 radical (unpaired) electrons. The number of nitrogens with one attached hydrogen (secondary N) is 1. The van der Waals surface area contributed by atoms with Crippen LogP contribution in [-0.4, -0.2) is 65.1 Å². The van der Waals surface area contributed by atoms with Crippen LogP contribution in [0, 0.1) is 5.92 Å². The van der Waals surface area contributed by atoms with Crippen molar-refractivity contribution >= 4 is 29.6 Å². The number of β-lactam (4-membered cyclic amide) rings is 1. The summed E-state index contributed by atoms with van der Waals surface area (Å²) in [4.78, 5) is 35.7. The number of fused-ring (bicyclic) bond motifs is 1. The number of esters is 1. The van der Waals surface area contributed by atoms with E-state index >= 15 is 0 Å². The standard InChI is InChI=1S/C11H14N2O6S/c1-12-2-7(15)19-4-6-8(11(17)18)13-9(16)5(3-14)10(13)20-6/h5,10,12,14H,2-4H2,1H3,(H,17,18)/t5-,10+/m0/s1. The number of thioether (sulfide) groups is 1. The van der Waals surface area contributed by atoms with Crippen molar-refractivity contribution in [2.24, 2.45) is 5.92 Å². The lowest BCUT2D eigenvalue weighted by atomic mass is 9.98. The van der Waals surface area contributed by atoms with Crippen LogP contribution in [0.5, 0.6) is 0 Å². The lowest BCUT2D eigenvalue weighted by Gasteiger charge is -2.41. The van der Waals surface area contributed by atoms with E-state index in [1.807, 2.05) is 0 Å². The Hall–Kier alpha value is -1.58. The zero-order chi connectivity index (χ0) is 14.9. The molecule has 0 aromatic rings. The molecule has 2 heterocycles. The van der Waals surface area contributed by atoms with E-state index in [4.69, 9.17) is 9.84 Å². The quantitative estimate of drug-likeness (QED) is 0.404. The van der Waals surface area contributed by atoms with Crippen LogP contribution in [0.15, 0.2) is 10.6 Å². The molecular formula is C11H14N2O6S. The minimum Gasteiger partial charge on any atom is -0.477 e. The van der Waals surface area contributed by atoms with E-state index in [-0.39, 0.29) is 25.5 Å². The van der Waals surface area contributed by atoms with Crippen molar-refractivity contribution in [2.75, 3.05) is 26.8 Å². The number of aliphatic hydroxyl groups excluding tert-OH is 1. The molecule has 9 heteroatoms. The molecule has 1 fully saturated rings. The molecule has 2 atom stereocenters. The molecule has 1 amide bonds. The van der Waals surface area contributed by atoms with Gasteiger partial charge in [0, 0.05) is 0 Å². The number of carboxylic acids is 1. The molecule has 2 aliphatic rings. The van der Waals surface area contributed by atoms with Gasteiger partial charge in [0.1, 0.15) is 17.7 Å². The first-order chi connectivity index (χ1) is 9.51. The highest BCUT2D eigenvalue weighted by Crippen LogP contribution is 2.48. The number of carbonyl (C=O) groups is 3. The van der Waals surface area contributed by atoms with E-state index in [2.05, 4.69) is 5.32 Å². The fraction of sp³-hybridized carbons (Fsp3) is 0.545. The molecule has 0 bridgehead atoms. The highest BCUT2D eigenvalue weighted by atomic mass is 32.2. The Bertz CT molecular complexity index is 491. The number of ether oxygens (including phenoxy) is 1. The van der Waals surface area contributed by atoms with E-state index in [1.165, 1.54) is 0 Å². The fourth-order valence-corrected chi connectivity index (χ4v) is 3.46. The van der Waals surface area contributed by atoms with E-state index in [0.717, 1.165) is 16.7 Å². The second-order valence-electron chi connectivity index (χ2n) is 4.27. The predicted molar refractivity (Wildman–Crippen MR) is 68.3 cm³/mol. The summed E-state index contributed by atoms with van der Waals surface area (Å²) in [7, 11) is 1.59. The summed E-state index contributed by atoms with van der Waals surface area (Å²) in [5.74, 6) is -2.77. The van der Waals surface area contributed by atoms with E-state index < -0.39 is 29.1 Å². The molecule has 0 spiro atoms. The summed E-state index contributed by atoms with van der Waals surface area (Å²) < 4.78 is 4.93. The zero-order valence-corrected chi connectivity index (χ0v) is 11.5. The van der Waals surface area contributed by atoms with Gasteiger partial charge in [-0.2, -0.15) is 0 Å². The molecule has 0 aromatic heterocycles. The largest absolute Gasteiger partial charge is 0.477 e. The van der Waals surface area contributed by atoms with Crippen LogP contribution in [0.1, 0.15) is 0 Å². The molecule has 20 heavy (non-hydrogen) atoms. The monoisotopic (exact) mass is 302 g/mol. The van der Waals surface area contributed by atoms with Crippen LogP contribution in [0.4, 0.5) is 0 Å². The maximum Gasteiger partial charge on any atom is 0.353 e. The molecule has 8 nitrogen and oxygen atoms in total. The Labute approximate surface area is 118 Å². The number of rotatable bonds is 6. The molecule has 110 valence electrons. The van der Waals surface area contributed by atoms with Gasteiger partial charge in [0.2, 0.25) is 5.91 Å². The summed E-state index contributed by atoms with van der Waals surface area (Å²) in [5, 5.41) is 20.5. The molecule has 2 rings (SSSR count). The summed E-state index contributed by atoms with van der Waals surface area (Å²) in [6, 6.07) is 0. The van der Waals surface area contributed by atoms with Gasteiger partial charge >= 0.3 is 11.9 Å². The van der Waals surface area contributed by atoms with Crippen molar-refractivity contribution < 1.29 is 29.3 Å². The lowest BCUT2D eigenvalue weighted by Crippen LogP contribution is -2.58. The third kappa shape index (κ3) is 2.39. The Morgan fingerprint density at radius 2 is 2.20 bits per heavy atom. The van der Waals surface area contributed by atoms with Crippen molar-refractivity contribution in [3.05, 3.63) is 10.6 Å². The van der Waals surface area contributed by atoms with Gasteiger partial charge in [0.05, 0.1) is 24.0 Å². The topological polar surface area (TPSA) is 116 Å². The first kappa shape index (κ1) is 14.8. The molecule has 3 N–H and O–H groups in total. The summed E-state index contributed by atoms with van der Waals surface area (Å²) in [5.41, 5.74) is -0.160. The normalized spacial score (nSPS) is 24.5. The van der Waals surface area contributed by atoms with Crippen LogP contribution in [0.2, 0.25) is 0 Å². The van der Waals surface area contributed by atoms with Crippen LogP contribution in [0.25, 0.3) is 0 Å². The van der Waals surface area contributed by atoms with Crippen LogP contribution in [-0.2, 0) is 19.1 Å². The number of aliphatic hydroxyl groups is 1. The van der Waals surface area contributed by atoms with Crippen molar-refractivity contribution in [3.63, 3.8) is 0 Å². The van der Waals surface area contributed by atoms with Crippen LogP contribution in [0.3, 0.4) is 0 Å². The van der Waals surface area contributed by atoms with Gasteiger partial charge in [0.25, 0.3) is 0 Å². The number of carbonyl (C=O) groups excluding carboxylic acids is 2. The molecule has 0 aliphatic carbocycles. The number of hydrogen-bond donors (Lipinski definition) is 3. The highest BCUT2D eigenvalue weighted by molar-refractivity contribution is 8.04. The van der Waals surface area contributed by atoms with Crippen LogP contribution < -0.4 is 5.32 Å². The maximum atomic E-state index is 11.7. The minimum absolute atomic E-state index is 0.0195. The molecular weight excluding hydrogens is 288 g/mol. The third-order valence-electron chi connectivity index (χ3n) is 3.01. The van der Waals surface area contributed by atoms with Crippen molar-refractivity contribution in [1.29, 1.82) is 0 Å². The SMILES string of the molecule is CNCC(=O)OCC1=C(C(=O)O)N2C(=O)[C@H](CO)[C@H]2S1. The van der Waals surface area contributed by atoms with Crippen molar-refractivity contribution in [3.8, 4) is 0 Å². The van der Waals surface area contributed by atoms with Gasteiger partial charge < -0.3 is 20.3 Å². The van der Waals surface area contributed by atoms with Crippen LogP contribution >= 0.6 is 11.8 Å². The third-order valence-corrected chi connectivity index (χ3v) is 4.38. The number of amides is 1. The average molecular weight is 302 g/mol. The Morgan fingerprint density at radius 3 is 2.75 bits per heavy atom. The Balaban J connectivity index is 2.09. The average Bonchev–Trinajstić information content (AvgIpc) is 2.72. The fourth-order valence-electron chi connectivity index (χ4n) is 2.07. The first-order valence-corrected chi connectivity index (χ1v) is 6.76. The highest BCUT2D eigenvalue weighted by Gasteiger charge is 2.55. The van der Waals surface area contributed by atoms with Crippen molar-refractivity contribution in [2.45, 2.75) is 5.37 Å². The van der Waals surface area contributed by atoms with Gasteiger partial charge in [-0.3, -0.25) is 14.5 Å². The maximum absolute atomic E-state index is 11.7. The first-order valence-electron chi connectivity index (χ1n) is 5.88. The second-order valence-corrected chi connectivity index (χ2v) is 5.49. The summed E-state index contributed by atoms with van der Waals surface area (Å²) in [6.45, 7) is -0.496. The number of hydrogen-bond acceptors (Lipinski definition) is 7. The van der Waals surface area contributed by atoms with Gasteiger partial charge in [-0.1, -0.05) is 11.8 Å². The second kappa shape index (κ2) is 5.81. The van der Waals surface area contributed by atoms with E-state index in [9.17, 15) is 19.5 Å². The zero-order valence-electron chi connectivity index (χ0n) is 10.7. The number of likely N-dealkylation sites (N-methyl/N-ethyl adjacent to an activating group) is 1. The van der Waals surface area contributed by atoms with Gasteiger partial charge in [0.15, 0.2) is 0 Å². The Morgan fingerprint density at radius 1 is 1.50 bits per heavy atom. The lowest BCUT2D eigenvalue weighted by molar-refractivity contribution is -0.153. The minimum atomic E-state index is -1.25. The van der Waals surface area contributed by atoms with Gasteiger partial charge in [-0.25, -0.2) is 4.79 Å². The number of carboxylic acid groups (broad SMARTS) is 1. The predicted octanol–water partition coefficient (Wildman–Crippen LogP) is -1.43.